The molecule has 0 bridgehead atoms. The first-order chi connectivity index (χ1) is 9.83. The van der Waals surface area contributed by atoms with E-state index in [2.05, 4.69) is 47.3 Å². The second-order valence-corrected chi connectivity index (χ2v) is 5.71. The van der Waals surface area contributed by atoms with Crippen LogP contribution in [0.2, 0.25) is 0 Å². The fourth-order valence-electron chi connectivity index (χ4n) is 2.97. The Kier molecular flexibility index (Phi) is 4.16. The highest BCUT2D eigenvalue weighted by atomic mass is 15.1. The van der Waals surface area contributed by atoms with Crippen molar-refractivity contribution >= 4 is 0 Å². The highest BCUT2D eigenvalue weighted by Gasteiger charge is 2.13. The predicted molar refractivity (Wildman–Crippen MR) is 82.6 cm³/mol. The quantitative estimate of drug-likeness (QED) is 0.923. The second kappa shape index (κ2) is 6.23. The van der Waals surface area contributed by atoms with Crippen LogP contribution in [0.15, 0.2) is 36.5 Å². The molecule has 0 amide bonds. The molecule has 20 heavy (non-hydrogen) atoms. The van der Waals surface area contributed by atoms with E-state index in [1.807, 2.05) is 6.07 Å². The largest absolute Gasteiger partial charge is 0.334 e. The number of nitrogens with zero attached hydrogens (tertiary/aromatic N) is 2. The minimum atomic E-state index is 0.873. The lowest BCUT2D eigenvalue weighted by Gasteiger charge is -2.22. The molecule has 2 aromatic rings. The van der Waals surface area contributed by atoms with Gasteiger partial charge in [0.05, 0.1) is 5.69 Å². The SMILES string of the molecule is Cc1nc(-c2ccccc2)cn1CCC1CCNCC1. The summed E-state index contributed by atoms with van der Waals surface area (Å²) in [6, 6.07) is 10.4. The van der Waals surface area contributed by atoms with Crippen LogP contribution in [0.4, 0.5) is 0 Å². The molecule has 3 nitrogen and oxygen atoms in total. The zero-order valence-corrected chi connectivity index (χ0v) is 12.2. The molecule has 1 N–H and O–H groups in total. The van der Waals surface area contributed by atoms with Crippen LogP contribution < -0.4 is 5.32 Å². The lowest BCUT2D eigenvalue weighted by Crippen LogP contribution is -2.28. The highest BCUT2D eigenvalue weighted by Crippen LogP contribution is 2.21. The molecule has 1 aromatic heterocycles. The molecule has 0 aliphatic carbocycles. The van der Waals surface area contributed by atoms with E-state index in [-0.39, 0.29) is 0 Å². The van der Waals surface area contributed by atoms with Crippen LogP contribution in [-0.2, 0) is 6.54 Å². The first-order valence-electron chi connectivity index (χ1n) is 7.63. The Bertz CT molecular complexity index is 539. The molecule has 0 unspecified atom stereocenters. The summed E-state index contributed by atoms with van der Waals surface area (Å²) < 4.78 is 2.31. The smallest absolute Gasteiger partial charge is 0.106 e. The first kappa shape index (κ1) is 13.4. The highest BCUT2D eigenvalue weighted by molar-refractivity contribution is 5.58. The van der Waals surface area contributed by atoms with Gasteiger partial charge in [-0.25, -0.2) is 4.98 Å². The molecule has 1 aliphatic heterocycles. The molecule has 0 saturated carbocycles. The molecule has 1 fully saturated rings. The van der Waals surface area contributed by atoms with Gasteiger partial charge in [0.15, 0.2) is 0 Å². The Hall–Kier alpha value is -1.61. The van der Waals surface area contributed by atoms with E-state index >= 15 is 0 Å². The number of aryl methyl sites for hydroxylation is 2. The van der Waals surface area contributed by atoms with Gasteiger partial charge in [0.2, 0.25) is 0 Å². The second-order valence-electron chi connectivity index (χ2n) is 5.71. The fraction of sp³-hybridized carbons (Fsp3) is 0.471. The monoisotopic (exact) mass is 269 g/mol. The van der Waals surface area contributed by atoms with Crippen molar-refractivity contribution in [1.29, 1.82) is 0 Å². The zero-order chi connectivity index (χ0) is 13.8. The summed E-state index contributed by atoms with van der Waals surface area (Å²) in [4.78, 5) is 4.70. The third kappa shape index (κ3) is 3.10. The molecule has 3 rings (SSSR count). The molecule has 3 heteroatoms. The van der Waals surface area contributed by atoms with Gasteiger partial charge in [0.25, 0.3) is 0 Å². The maximum absolute atomic E-state index is 4.70. The van der Waals surface area contributed by atoms with Crippen LogP contribution >= 0.6 is 0 Å². The Morgan fingerprint density at radius 1 is 1.20 bits per heavy atom. The summed E-state index contributed by atoms with van der Waals surface area (Å²) >= 11 is 0. The topological polar surface area (TPSA) is 29.9 Å². The molecular weight excluding hydrogens is 246 g/mol. The van der Waals surface area contributed by atoms with Gasteiger partial charge in [-0.3, -0.25) is 0 Å². The Labute approximate surface area is 121 Å². The molecule has 1 aliphatic rings. The number of hydrogen-bond acceptors (Lipinski definition) is 2. The van der Waals surface area contributed by atoms with E-state index < -0.39 is 0 Å². The number of hydrogen-bond donors (Lipinski definition) is 1. The van der Waals surface area contributed by atoms with Gasteiger partial charge >= 0.3 is 0 Å². The standard InChI is InChI=1S/C17H23N3/c1-14-19-17(16-5-3-2-4-6-16)13-20(14)12-9-15-7-10-18-11-8-15/h2-6,13,15,18H,7-12H2,1H3. The number of imidazole rings is 1. The van der Waals surface area contributed by atoms with Crippen molar-refractivity contribution in [1.82, 2.24) is 14.9 Å². The van der Waals surface area contributed by atoms with Crippen molar-refractivity contribution in [2.75, 3.05) is 13.1 Å². The molecule has 106 valence electrons. The van der Waals surface area contributed by atoms with Gasteiger partial charge in [-0.15, -0.1) is 0 Å². The molecule has 1 aromatic carbocycles. The zero-order valence-electron chi connectivity index (χ0n) is 12.2. The predicted octanol–water partition coefficient (Wildman–Crippen LogP) is 3.25. The first-order valence-corrected chi connectivity index (χ1v) is 7.63. The maximum Gasteiger partial charge on any atom is 0.106 e. The van der Waals surface area contributed by atoms with Gasteiger partial charge in [0.1, 0.15) is 5.82 Å². The molecule has 0 spiro atoms. The molecule has 0 atom stereocenters. The van der Waals surface area contributed by atoms with Crippen LogP contribution in [-0.4, -0.2) is 22.6 Å². The fourth-order valence-corrected chi connectivity index (χ4v) is 2.97. The molecule has 0 radical (unpaired) electrons. The number of benzene rings is 1. The third-order valence-corrected chi connectivity index (χ3v) is 4.28. The van der Waals surface area contributed by atoms with Crippen molar-refractivity contribution in [2.45, 2.75) is 32.7 Å². The number of rotatable bonds is 4. The lowest BCUT2D eigenvalue weighted by atomic mass is 9.95. The molecule has 1 saturated heterocycles. The lowest BCUT2D eigenvalue weighted by molar-refractivity contribution is 0.337. The van der Waals surface area contributed by atoms with E-state index in [4.69, 9.17) is 4.98 Å². The van der Waals surface area contributed by atoms with E-state index in [9.17, 15) is 0 Å². The van der Waals surface area contributed by atoms with Gasteiger partial charge in [0, 0.05) is 18.3 Å². The number of nitrogens with one attached hydrogen (secondary N) is 1. The van der Waals surface area contributed by atoms with Crippen molar-refractivity contribution in [2.24, 2.45) is 5.92 Å². The van der Waals surface area contributed by atoms with Gasteiger partial charge < -0.3 is 9.88 Å². The van der Waals surface area contributed by atoms with Crippen LogP contribution in [0.5, 0.6) is 0 Å². The van der Waals surface area contributed by atoms with E-state index in [0.717, 1.165) is 24.0 Å². The van der Waals surface area contributed by atoms with E-state index in [0.29, 0.717) is 0 Å². The summed E-state index contributed by atoms with van der Waals surface area (Å²) in [5, 5.41) is 3.43. The van der Waals surface area contributed by atoms with E-state index in [1.165, 1.54) is 37.9 Å². The van der Waals surface area contributed by atoms with Gasteiger partial charge in [-0.2, -0.15) is 0 Å². The minimum absolute atomic E-state index is 0.873. The summed E-state index contributed by atoms with van der Waals surface area (Å²) in [5.74, 6) is 2.00. The average molecular weight is 269 g/mol. The van der Waals surface area contributed by atoms with E-state index in [1.54, 1.807) is 0 Å². The van der Waals surface area contributed by atoms with Crippen molar-refractivity contribution in [3.63, 3.8) is 0 Å². The maximum atomic E-state index is 4.70. The van der Waals surface area contributed by atoms with Crippen LogP contribution in [0, 0.1) is 12.8 Å². The van der Waals surface area contributed by atoms with Crippen molar-refractivity contribution < 1.29 is 0 Å². The van der Waals surface area contributed by atoms with Gasteiger partial charge in [-0.05, 0) is 45.2 Å². The third-order valence-electron chi connectivity index (χ3n) is 4.28. The summed E-state index contributed by atoms with van der Waals surface area (Å²) in [7, 11) is 0. The summed E-state index contributed by atoms with van der Waals surface area (Å²) in [5.41, 5.74) is 2.30. The normalized spacial score (nSPS) is 16.4. The molecule has 2 heterocycles. The Balaban J connectivity index is 1.66. The van der Waals surface area contributed by atoms with Crippen molar-refractivity contribution in [3.8, 4) is 11.3 Å². The number of aromatic nitrogens is 2. The van der Waals surface area contributed by atoms with Crippen LogP contribution in [0.1, 0.15) is 25.1 Å². The Morgan fingerprint density at radius 3 is 2.70 bits per heavy atom. The Morgan fingerprint density at radius 2 is 1.95 bits per heavy atom. The van der Waals surface area contributed by atoms with Crippen LogP contribution in [0.25, 0.3) is 11.3 Å². The minimum Gasteiger partial charge on any atom is -0.334 e. The van der Waals surface area contributed by atoms with Crippen LogP contribution in [0.3, 0.4) is 0 Å². The van der Waals surface area contributed by atoms with Gasteiger partial charge in [-0.1, -0.05) is 30.3 Å². The number of piperidine rings is 1. The summed E-state index contributed by atoms with van der Waals surface area (Å²) in [6.07, 6.45) is 6.11. The average Bonchev–Trinajstić information content (AvgIpc) is 2.88. The molecular formula is C17H23N3. The van der Waals surface area contributed by atoms with Crippen molar-refractivity contribution in [3.05, 3.63) is 42.4 Å². The summed E-state index contributed by atoms with van der Waals surface area (Å²) in [6.45, 7) is 5.57.